The van der Waals surface area contributed by atoms with Gasteiger partial charge >= 0.3 is 0 Å². The van der Waals surface area contributed by atoms with Gasteiger partial charge in [0, 0.05) is 19.6 Å². The van der Waals surface area contributed by atoms with Crippen molar-refractivity contribution in [1.29, 1.82) is 0 Å². The number of carbonyl (C=O) groups is 2. The lowest BCUT2D eigenvalue weighted by Crippen LogP contribution is -2.22. The summed E-state index contributed by atoms with van der Waals surface area (Å²) in [4.78, 5) is 24.0. The highest BCUT2D eigenvalue weighted by Crippen LogP contribution is 2.48. The number of anilines is 1. The first-order chi connectivity index (χ1) is 9.72. The minimum atomic E-state index is -0.203. The number of fused-ring (bicyclic) bond motifs is 1. The van der Waals surface area contributed by atoms with Gasteiger partial charge < -0.3 is 15.4 Å². The summed E-state index contributed by atoms with van der Waals surface area (Å²) >= 11 is 0. The van der Waals surface area contributed by atoms with Crippen molar-refractivity contribution in [2.24, 2.45) is 11.8 Å². The maximum Gasteiger partial charge on any atom is 0.253 e. The van der Waals surface area contributed by atoms with Gasteiger partial charge in [-0.15, -0.1) is 0 Å². The van der Waals surface area contributed by atoms with Crippen LogP contribution in [0.15, 0.2) is 24.3 Å². The highest BCUT2D eigenvalue weighted by Gasteiger charge is 2.56. The van der Waals surface area contributed by atoms with E-state index >= 15 is 0 Å². The third-order valence-corrected chi connectivity index (χ3v) is 4.05. The number of rotatable bonds is 3. The molecule has 2 aliphatic rings. The number of amides is 2. The Morgan fingerprint density at radius 3 is 2.80 bits per heavy atom. The van der Waals surface area contributed by atoms with Crippen LogP contribution in [0, 0.1) is 11.8 Å². The van der Waals surface area contributed by atoms with Crippen LogP contribution in [0.3, 0.4) is 0 Å². The van der Waals surface area contributed by atoms with E-state index in [1.54, 1.807) is 31.3 Å². The molecule has 3 rings (SSSR count). The standard InChI is InChI=1S/C15H18N2O3/c1-16-14(18)9-5-2-3-7-11(9)17-15(19)12-10-6-4-8-20-13(10)12/h2-3,5,7,10,12-13H,4,6,8H2,1H3,(H,16,18)(H,17,19). The van der Waals surface area contributed by atoms with Gasteiger partial charge in [-0.05, 0) is 25.0 Å². The first-order valence-electron chi connectivity index (χ1n) is 6.96. The van der Waals surface area contributed by atoms with Gasteiger partial charge in [0.05, 0.1) is 23.3 Å². The maximum atomic E-state index is 12.3. The molecule has 1 saturated heterocycles. The van der Waals surface area contributed by atoms with E-state index in [0.717, 1.165) is 19.4 Å². The Hall–Kier alpha value is -1.88. The lowest BCUT2D eigenvalue weighted by Gasteiger charge is -2.09. The molecule has 0 spiro atoms. The van der Waals surface area contributed by atoms with Gasteiger partial charge in [0.15, 0.2) is 0 Å². The number of carbonyl (C=O) groups excluding carboxylic acids is 2. The number of para-hydroxylation sites is 1. The first kappa shape index (κ1) is 13.1. The second-order valence-corrected chi connectivity index (χ2v) is 5.28. The quantitative estimate of drug-likeness (QED) is 0.875. The highest BCUT2D eigenvalue weighted by molar-refractivity contribution is 6.04. The number of ether oxygens (including phenoxy) is 1. The molecule has 106 valence electrons. The van der Waals surface area contributed by atoms with Crippen molar-refractivity contribution in [3.8, 4) is 0 Å². The SMILES string of the molecule is CNC(=O)c1ccccc1NC(=O)C1C2CCCOC21. The fourth-order valence-corrected chi connectivity index (χ4v) is 2.94. The maximum absolute atomic E-state index is 12.3. The van der Waals surface area contributed by atoms with Gasteiger partial charge in [0.2, 0.25) is 5.91 Å². The van der Waals surface area contributed by atoms with Crippen molar-refractivity contribution in [2.45, 2.75) is 18.9 Å². The monoisotopic (exact) mass is 274 g/mol. The summed E-state index contributed by atoms with van der Waals surface area (Å²) in [6.45, 7) is 0.750. The third kappa shape index (κ3) is 2.29. The van der Waals surface area contributed by atoms with Crippen LogP contribution in [0.25, 0.3) is 0 Å². The number of nitrogens with one attached hydrogen (secondary N) is 2. The van der Waals surface area contributed by atoms with Gasteiger partial charge in [0.1, 0.15) is 0 Å². The molecule has 5 heteroatoms. The van der Waals surface area contributed by atoms with Crippen LogP contribution < -0.4 is 10.6 Å². The fraction of sp³-hybridized carbons (Fsp3) is 0.467. The van der Waals surface area contributed by atoms with Crippen molar-refractivity contribution >= 4 is 17.5 Å². The molecule has 1 saturated carbocycles. The Morgan fingerprint density at radius 2 is 2.10 bits per heavy atom. The van der Waals surface area contributed by atoms with E-state index < -0.39 is 0 Å². The molecule has 0 bridgehead atoms. The van der Waals surface area contributed by atoms with Gasteiger partial charge in [-0.3, -0.25) is 9.59 Å². The molecule has 3 unspecified atom stereocenters. The summed E-state index contributed by atoms with van der Waals surface area (Å²) in [7, 11) is 1.57. The predicted octanol–water partition coefficient (Wildman–Crippen LogP) is 1.41. The van der Waals surface area contributed by atoms with E-state index in [4.69, 9.17) is 4.74 Å². The molecule has 1 aromatic carbocycles. The number of hydrogen-bond acceptors (Lipinski definition) is 3. The van der Waals surface area contributed by atoms with Crippen LogP contribution in [0.2, 0.25) is 0 Å². The smallest absolute Gasteiger partial charge is 0.253 e. The Labute approximate surface area is 117 Å². The van der Waals surface area contributed by atoms with Crippen LogP contribution in [-0.2, 0) is 9.53 Å². The molecule has 3 atom stereocenters. The van der Waals surface area contributed by atoms with Crippen molar-refractivity contribution < 1.29 is 14.3 Å². The van der Waals surface area contributed by atoms with Crippen molar-refractivity contribution in [1.82, 2.24) is 5.32 Å². The topological polar surface area (TPSA) is 67.4 Å². The van der Waals surface area contributed by atoms with Crippen LogP contribution in [-0.4, -0.2) is 31.6 Å². The zero-order valence-electron chi connectivity index (χ0n) is 11.4. The molecule has 1 aliphatic carbocycles. The second-order valence-electron chi connectivity index (χ2n) is 5.28. The summed E-state index contributed by atoms with van der Waals surface area (Å²) in [5, 5.41) is 5.44. The van der Waals surface area contributed by atoms with Crippen molar-refractivity contribution in [3.63, 3.8) is 0 Å². The second kappa shape index (κ2) is 5.25. The summed E-state index contributed by atoms with van der Waals surface area (Å²) in [6, 6.07) is 7.03. The van der Waals surface area contributed by atoms with Gasteiger partial charge in [0.25, 0.3) is 5.91 Å². The zero-order valence-corrected chi connectivity index (χ0v) is 11.4. The summed E-state index contributed by atoms with van der Waals surface area (Å²) in [5.41, 5.74) is 1.04. The summed E-state index contributed by atoms with van der Waals surface area (Å²) in [5.74, 6) is 0.0507. The van der Waals surface area contributed by atoms with Crippen molar-refractivity contribution in [2.75, 3.05) is 19.0 Å². The molecule has 1 aromatic rings. The van der Waals surface area contributed by atoms with Gasteiger partial charge in [-0.2, -0.15) is 0 Å². The molecule has 1 heterocycles. The molecular weight excluding hydrogens is 256 g/mol. The van der Waals surface area contributed by atoms with Crippen LogP contribution in [0.1, 0.15) is 23.2 Å². The molecule has 5 nitrogen and oxygen atoms in total. The Bertz CT molecular complexity index is 532. The molecule has 2 N–H and O–H groups in total. The van der Waals surface area contributed by atoms with Crippen LogP contribution in [0.4, 0.5) is 5.69 Å². The average Bonchev–Trinajstić information content (AvgIpc) is 3.21. The van der Waals surface area contributed by atoms with E-state index in [-0.39, 0.29) is 23.8 Å². The third-order valence-electron chi connectivity index (χ3n) is 4.05. The lowest BCUT2D eigenvalue weighted by atomic mass is 10.1. The number of hydrogen-bond donors (Lipinski definition) is 2. The lowest BCUT2D eigenvalue weighted by molar-refractivity contribution is -0.118. The van der Waals surface area contributed by atoms with E-state index in [1.165, 1.54) is 0 Å². The minimum Gasteiger partial charge on any atom is -0.377 e. The highest BCUT2D eigenvalue weighted by atomic mass is 16.5. The minimum absolute atomic E-state index is 0.0433. The molecule has 1 aliphatic heterocycles. The van der Waals surface area contributed by atoms with E-state index in [1.807, 2.05) is 0 Å². The van der Waals surface area contributed by atoms with E-state index in [0.29, 0.717) is 17.2 Å². The van der Waals surface area contributed by atoms with Gasteiger partial charge in [-0.1, -0.05) is 12.1 Å². The summed E-state index contributed by atoms with van der Waals surface area (Å²) < 4.78 is 5.58. The van der Waals surface area contributed by atoms with E-state index in [2.05, 4.69) is 10.6 Å². The molecule has 0 radical (unpaired) electrons. The Kier molecular flexibility index (Phi) is 3.44. The Morgan fingerprint density at radius 1 is 1.30 bits per heavy atom. The van der Waals surface area contributed by atoms with E-state index in [9.17, 15) is 9.59 Å². The summed E-state index contributed by atoms with van der Waals surface area (Å²) in [6.07, 6.45) is 2.16. The zero-order chi connectivity index (χ0) is 14.1. The average molecular weight is 274 g/mol. The fourth-order valence-electron chi connectivity index (χ4n) is 2.94. The molecule has 0 aromatic heterocycles. The molecular formula is C15H18N2O3. The Balaban J connectivity index is 1.72. The molecule has 20 heavy (non-hydrogen) atoms. The molecule has 2 amide bonds. The van der Waals surface area contributed by atoms with Crippen LogP contribution in [0.5, 0.6) is 0 Å². The molecule has 2 fully saturated rings. The van der Waals surface area contributed by atoms with Gasteiger partial charge in [-0.25, -0.2) is 0 Å². The predicted molar refractivity (Wildman–Crippen MR) is 74.4 cm³/mol. The van der Waals surface area contributed by atoms with Crippen LogP contribution >= 0.6 is 0 Å². The normalized spacial score (nSPS) is 27.4. The first-order valence-corrected chi connectivity index (χ1v) is 6.96. The largest absolute Gasteiger partial charge is 0.377 e. The van der Waals surface area contributed by atoms with Crippen molar-refractivity contribution in [3.05, 3.63) is 29.8 Å². The number of benzene rings is 1.